The van der Waals surface area contributed by atoms with Gasteiger partial charge in [0.15, 0.2) is 11.5 Å². The van der Waals surface area contributed by atoms with Crippen LogP contribution in [0.2, 0.25) is 0 Å². The minimum absolute atomic E-state index is 0.138. The third-order valence-corrected chi connectivity index (χ3v) is 3.23. The zero-order valence-corrected chi connectivity index (χ0v) is 13.1. The molecule has 7 nitrogen and oxygen atoms in total. The van der Waals surface area contributed by atoms with Gasteiger partial charge in [-0.1, -0.05) is 0 Å². The van der Waals surface area contributed by atoms with Crippen LogP contribution in [-0.2, 0) is 10.0 Å². The van der Waals surface area contributed by atoms with Gasteiger partial charge in [0.2, 0.25) is 10.0 Å². The topological polar surface area (TPSA) is 93.7 Å². The summed E-state index contributed by atoms with van der Waals surface area (Å²) in [7, 11) is -1.75. The van der Waals surface area contributed by atoms with Gasteiger partial charge in [-0.3, -0.25) is 4.79 Å². The number of hydrogen-bond donors (Lipinski definition) is 2. The van der Waals surface area contributed by atoms with Crippen LogP contribution in [0.5, 0.6) is 11.5 Å². The molecular formula is C13H20N2O5S. The lowest BCUT2D eigenvalue weighted by Crippen LogP contribution is -2.34. The van der Waals surface area contributed by atoms with E-state index in [1.165, 1.54) is 7.11 Å². The average Bonchev–Trinajstić information content (AvgIpc) is 2.43. The second kappa shape index (κ2) is 7.84. The van der Waals surface area contributed by atoms with Gasteiger partial charge in [0.1, 0.15) is 0 Å². The molecule has 0 saturated carbocycles. The van der Waals surface area contributed by atoms with Crippen molar-refractivity contribution in [3.8, 4) is 11.5 Å². The largest absolute Gasteiger partial charge is 0.493 e. The van der Waals surface area contributed by atoms with Crippen molar-refractivity contribution in [3.63, 3.8) is 0 Å². The Morgan fingerprint density at radius 2 is 1.95 bits per heavy atom. The van der Waals surface area contributed by atoms with Crippen molar-refractivity contribution in [2.75, 3.05) is 33.1 Å². The van der Waals surface area contributed by atoms with Crippen molar-refractivity contribution in [3.05, 3.63) is 23.8 Å². The summed E-state index contributed by atoms with van der Waals surface area (Å²) in [6, 6.07) is 4.85. The maximum atomic E-state index is 11.9. The minimum Gasteiger partial charge on any atom is -0.493 e. The van der Waals surface area contributed by atoms with Gasteiger partial charge < -0.3 is 14.8 Å². The normalized spacial score (nSPS) is 11.0. The Morgan fingerprint density at radius 3 is 2.52 bits per heavy atom. The van der Waals surface area contributed by atoms with E-state index in [4.69, 9.17) is 9.47 Å². The SMILES string of the molecule is CCOc1ccc(C(=O)NCCNS(C)(=O)=O)cc1OC. The molecule has 8 heteroatoms. The molecule has 1 amide bonds. The number of sulfonamides is 1. The van der Waals surface area contributed by atoms with E-state index in [1.807, 2.05) is 6.92 Å². The first kappa shape index (κ1) is 17.3. The molecule has 2 N–H and O–H groups in total. The van der Waals surface area contributed by atoms with Crippen molar-refractivity contribution >= 4 is 15.9 Å². The molecule has 0 aliphatic rings. The number of benzene rings is 1. The molecular weight excluding hydrogens is 296 g/mol. The van der Waals surface area contributed by atoms with E-state index in [2.05, 4.69) is 10.0 Å². The summed E-state index contributed by atoms with van der Waals surface area (Å²) in [4.78, 5) is 11.9. The quantitative estimate of drug-likeness (QED) is 0.676. The molecule has 0 aromatic heterocycles. The van der Waals surface area contributed by atoms with Crippen LogP contribution in [0.3, 0.4) is 0 Å². The van der Waals surface area contributed by atoms with E-state index >= 15 is 0 Å². The van der Waals surface area contributed by atoms with Crippen LogP contribution in [0.15, 0.2) is 18.2 Å². The van der Waals surface area contributed by atoms with Gasteiger partial charge in [-0.2, -0.15) is 0 Å². The van der Waals surface area contributed by atoms with Crippen molar-refractivity contribution in [1.29, 1.82) is 0 Å². The Labute approximate surface area is 124 Å². The van der Waals surface area contributed by atoms with Gasteiger partial charge in [-0.05, 0) is 25.1 Å². The van der Waals surface area contributed by atoms with Gasteiger partial charge in [0.05, 0.1) is 20.0 Å². The fraction of sp³-hybridized carbons (Fsp3) is 0.462. The molecule has 0 spiro atoms. The fourth-order valence-corrected chi connectivity index (χ4v) is 2.07. The molecule has 0 atom stereocenters. The Morgan fingerprint density at radius 1 is 1.24 bits per heavy atom. The van der Waals surface area contributed by atoms with E-state index in [-0.39, 0.29) is 19.0 Å². The summed E-state index contributed by atoms with van der Waals surface area (Å²) in [6.45, 7) is 2.69. The standard InChI is InChI=1S/C13H20N2O5S/c1-4-20-11-6-5-10(9-12(11)19-2)13(16)14-7-8-15-21(3,17)18/h5-6,9,15H,4,7-8H2,1-3H3,(H,14,16). The van der Waals surface area contributed by atoms with Gasteiger partial charge in [0, 0.05) is 18.7 Å². The molecule has 0 unspecified atom stereocenters. The monoisotopic (exact) mass is 316 g/mol. The van der Waals surface area contributed by atoms with Crippen LogP contribution < -0.4 is 19.5 Å². The molecule has 21 heavy (non-hydrogen) atoms. The molecule has 0 saturated heterocycles. The molecule has 1 aromatic carbocycles. The summed E-state index contributed by atoms with van der Waals surface area (Å²) < 4.78 is 34.6. The Bertz CT molecular complexity index is 586. The number of carbonyl (C=O) groups excluding carboxylic acids is 1. The van der Waals surface area contributed by atoms with Crippen LogP contribution in [0.4, 0.5) is 0 Å². The lowest BCUT2D eigenvalue weighted by atomic mass is 10.2. The van der Waals surface area contributed by atoms with Gasteiger partial charge in [0.25, 0.3) is 5.91 Å². The van der Waals surface area contributed by atoms with Gasteiger partial charge in [-0.25, -0.2) is 13.1 Å². The smallest absolute Gasteiger partial charge is 0.251 e. The number of amides is 1. The fourth-order valence-electron chi connectivity index (χ4n) is 1.60. The highest BCUT2D eigenvalue weighted by Gasteiger charge is 2.10. The molecule has 0 fully saturated rings. The molecule has 1 rings (SSSR count). The molecule has 118 valence electrons. The maximum Gasteiger partial charge on any atom is 0.251 e. The Hall–Kier alpha value is -1.80. The summed E-state index contributed by atoms with van der Waals surface area (Å²) in [5.74, 6) is 0.723. The number of ether oxygens (including phenoxy) is 2. The summed E-state index contributed by atoms with van der Waals surface area (Å²) in [5, 5.41) is 2.61. The van der Waals surface area contributed by atoms with Crippen molar-refractivity contribution in [2.45, 2.75) is 6.92 Å². The van der Waals surface area contributed by atoms with Crippen LogP contribution >= 0.6 is 0 Å². The predicted molar refractivity (Wildman–Crippen MR) is 79.3 cm³/mol. The third-order valence-electron chi connectivity index (χ3n) is 2.50. The molecule has 0 aliphatic heterocycles. The Balaban J connectivity index is 2.62. The Kier molecular flexibility index (Phi) is 6.44. The zero-order chi connectivity index (χ0) is 15.9. The van der Waals surface area contributed by atoms with E-state index < -0.39 is 10.0 Å². The van der Waals surface area contributed by atoms with Crippen molar-refractivity contribution in [2.24, 2.45) is 0 Å². The van der Waals surface area contributed by atoms with Gasteiger partial charge >= 0.3 is 0 Å². The summed E-state index contributed by atoms with van der Waals surface area (Å²) in [5.41, 5.74) is 0.412. The second-order valence-electron chi connectivity index (χ2n) is 4.22. The number of hydrogen-bond acceptors (Lipinski definition) is 5. The highest BCUT2D eigenvalue weighted by Crippen LogP contribution is 2.27. The highest BCUT2D eigenvalue weighted by molar-refractivity contribution is 7.88. The molecule has 0 aliphatic carbocycles. The summed E-state index contributed by atoms with van der Waals surface area (Å²) in [6.07, 6.45) is 1.06. The third kappa shape index (κ3) is 6.01. The van der Waals surface area contributed by atoms with Crippen molar-refractivity contribution in [1.82, 2.24) is 10.0 Å². The number of methoxy groups -OCH3 is 1. The van der Waals surface area contributed by atoms with Crippen molar-refractivity contribution < 1.29 is 22.7 Å². The molecule has 0 heterocycles. The van der Waals surface area contributed by atoms with Crippen LogP contribution in [0, 0.1) is 0 Å². The number of nitrogens with one attached hydrogen (secondary N) is 2. The number of rotatable bonds is 8. The second-order valence-corrected chi connectivity index (χ2v) is 6.05. The van der Waals surface area contributed by atoms with Gasteiger partial charge in [-0.15, -0.1) is 0 Å². The first-order chi connectivity index (χ1) is 9.87. The maximum absolute atomic E-state index is 11.9. The highest BCUT2D eigenvalue weighted by atomic mass is 32.2. The minimum atomic E-state index is -3.25. The summed E-state index contributed by atoms with van der Waals surface area (Å²) >= 11 is 0. The predicted octanol–water partition coefficient (Wildman–Crippen LogP) is 0.373. The number of carbonyl (C=O) groups is 1. The molecule has 0 radical (unpaired) electrons. The van der Waals surface area contributed by atoms with E-state index in [9.17, 15) is 13.2 Å². The average molecular weight is 316 g/mol. The first-order valence-corrected chi connectivity index (χ1v) is 8.30. The van der Waals surface area contributed by atoms with Crippen LogP contribution in [-0.4, -0.2) is 47.4 Å². The van der Waals surface area contributed by atoms with Crippen LogP contribution in [0.1, 0.15) is 17.3 Å². The van der Waals surface area contributed by atoms with E-state index in [0.29, 0.717) is 23.7 Å². The van der Waals surface area contributed by atoms with E-state index in [1.54, 1.807) is 18.2 Å². The first-order valence-electron chi connectivity index (χ1n) is 6.41. The lowest BCUT2D eigenvalue weighted by Gasteiger charge is -2.11. The van der Waals surface area contributed by atoms with E-state index in [0.717, 1.165) is 6.26 Å². The van der Waals surface area contributed by atoms with Crippen LogP contribution in [0.25, 0.3) is 0 Å². The zero-order valence-electron chi connectivity index (χ0n) is 12.3. The molecule has 0 bridgehead atoms. The molecule has 1 aromatic rings. The lowest BCUT2D eigenvalue weighted by molar-refractivity contribution is 0.0954.